The van der Waals surface area contributed by atoms with Gasteiger partial charge in [0.05, 0.1) is 0 Å². The molecule has 0 aliphatic rings. The van der Waals surface area contributed by atoms with E-state index in [1.165, 1.54) is 0 Å². The molecule has 0 fully saturated rings. The number of carboxylic acids is 1. The first-order valence-corrected chi connectivity index (χ1v) is 4.85. The van der Waals surface area contributed by atoms with E-state index in [4.69, 9.17) is 5.11 Å². The molecule has 0 saturated heterocycles. The summed E-state index contributed by atoms with van der Waals surface area (Å²) in [7, 11) is 0. The first-order valence-electron chi connectivity index (χ1n) is 4.85. The lowest BCUT2D eigenvalue weighted by Crippen LogP contribution is -2.06. The van der Waals surface area contributed by atoms with Crippen molar-refractivity contribution in [1.29, 1.82) is 0 Å². The van der Waals surface area contributed by atoms with E-state index in [0.717, 1.165) is 30.5 Å². The van der Waals surface area contributed by atoms with Gasteiger partial charge in [-0.2, -0.15) is 0 Å². The molecule has 1 heterocycles. The van der Waals surface area contributed by atoms with Gasteiger partial charge in [-0.3, -0.25) is 0 Å². The lowest BCUT2D eigenvalue weighted by Gasteiger charge is -2.04. The van der Waals surface area contributed by atoms with Crippen LogP contribution in [0.2, 0.25) is 0 Å². The number of hydrogen-bond acceptors (Lipinski definition) is 2. The average Bonchev–Trinajstić information content (AvgIpc) is 2.15. The standard InChI is InChI=1S/C11H15NO2/c1-3-4-5-9-7-6-8(2)12-10(9)11(13)14/h6-7H,3-5H2,1-2H3,(H,13,14). The lowest BCUT2D eigenvalue weighted by molar-refractivity contribution is 0.0689. The zero-order chi connectivity index (χ0) is 10.6. The second-order valence-electron chi connectivity index (χ2n) is 3.37. The van der Waals surface area contributed by atoms with E-state index in [0.29, 0.717) is 0 Å². The molecule has 0 radical (unpaired) electrons. The second-order valence-corrected chi connectivity index (χ2v) is 3.37. The first kappa shape index (κ1) is 10.7. The van der Waals surface area contributed by atoms with Crippen molar-refractivity contribution in [1.82, 2.24) is 4.98 Å². The van der Waals surface area contributed by atoms with Crippen LogP contribution in [-0.4, -0.2) is 16.1 Å². The minimum absolute atomic E-state index is 0.207. The quantitative estimate of drug-likeness (QED) is 0.799. The molecule has 0 saturated carbocycles. The molecule has 0 aromatic carbocycles. The molecule has 1 aromatic rings. The zero-order valence-corrected chi connectivity index (χ0v) is 8.58. The highest BCUT2D eigenvalue weighted by atomic mass is 16.4. The predicted molar refractivity (Wildman–Crippen MR) is 54.5 cm³/mol. The van der Waals surface area contributed by atoms with Crippen LogP contribution in [0.25, 0.3) is 0 Å². The van der Waals surface area contributed by atoms with Crippen LogP contribution >= 0.6 is 0 Å². The Hall–Kier alpha value is -1.38. The third kappa shape index (κ3) is 2.55. The molecule has 14 heavy (non-hydrogen) atoms. The van der Waals surface area contributed by atoms with E-state index in [2.05, 4.69) is 11.9 Å². The molecule has 0 spiro atoms. The molecule has 0 amide bonds. The van der Waals surface area contributed by atoms with Gasteiger partial charge < -0.3 is 5.11 Å². The molecular formula is C11H15NO2. The molecule has 1 rings (SSSR count). The van der Waals surface area contributed by atoms with E-state index in [-0.39, 0.29) is 5.69 Å². The molecule has 1 N–H and O–H groups in total. The maximum absolute atomic E-state index is 10.9. The monoisotopic (exact) mass is 193 g/mol. The summed E-state index contributed by atoms with van der Waals surface area (Å²) in [6.07, 6.45) is 2.86. The Morgan fingerprint density at radius 1 is 1.50 bits per heavy atom. The topological polar surface area (TPSA) is 50.2 Å². The lowest BCUT2D eigenvalue weighted by atomic mass is 10.1. The predicted octanol–water partition coefficient (Wildman–Crippen LogP) is 2.43. The Balaban J connectivity index is 2.96. The van der Waals surface area contributed by atoms with Crippen LogP contribution in [-0.2, 0) is 6.42 Å². The van der Waals surface area contributed by atoms with Crippen molar-refractivity contribution < 1.29 is 9.90 Å². The Morgan fingerprint density at radius 3 is 2.79 bits per heavy atom. The van der Waals surface area contributed by atoms with Crippen LogP contribution in [0.1, 0.15) is 41.5 Å². The van der Waals surface area contributed by atoms with Crippen molar-refractivity contribution in [3.05, 3.63) is 29.1 Å². The normalized spacial score (nSPS) is 10.1. The highest BCUT2D eigenvalue weighted by Gasteiger charge is 2.10. The smallest absolute Gasteiger partial charge is 0.354 e. The summed E-state index contributed by atoms with van der Waals surface area (Å²) in [6.45, 7) is 3.89. The fourth-order valence-corrected chi connectivity index (χ4v) is 1.34. The van der Waals surface area contributed by atoms with Gasteiger partial charge in [-0.15, -0.1) is 0 Å². The maximum Gasteiger partial charge on any atom is 0.354 e. The molecule has 0 aliphatic carbocycles. The van der Waals surface area contributed by atoms with Crippen LogP contribution < -0.4 is 0 Å². The molecule has 3 heteroatoms. The number of pyridine rings is 1. The van der Waals surface area contributed by atoms with Crippen molar-refractivity contribution in [3.8, 4) is 0 Å². The van der Waals surface area contributed by atoms with Crippen molar-refractivity contribution in [2.75, 3.05) is 0 Å². The summed E-state index contributed by atoms with van der Waals surface area (Å²) in [6, 6.07) is 3.72. The van der Waals surface area contributed by atoms with Gasteiger partial charge in [0.15, 0.2) is 5.69 Å². The number of unbranched alkanes of at least 4 members (excludes halogenated alkanes) is 1. The van der Waals surface area contributed by atoms with Crippen molar-refractivity contribution in [3.63, 3.8) is 0 Å². The number of carbonyl (C=O) groups is 1. The van der Waals surface area contributed by atoms with Gasteiger partial charge in [0.25, 0.3) is 0 Å². The van der Waals surface area contributed by atoms with E-state index in [1.807, 2.05) is 12.1 Å². The molecule has 0 unspecified atom stereocenters. The largest absolute Gasteiger partial charge is 0.477 e. The van der Waals surface area contributed by atoms with Gasteiger partial charge in [-0.1, -0.05) is 19.4 Å². The summed E-state index contributed by atoms with van der Waals surface area (Å²) < 4.78 is 0. The van der Waals surface area contributed by atoms with Crippen LogP contribution in [0.5, 0.6) is 0 Å². The Labute approximate surface area is 83.8 Å². The van der Waals surface area contributed by atoms with Gasteiger partial charge in [-0.05, 0) is 31.4 Å². The van der Waals surface area contributed by atoms with Crippen molar-refractivity contribution >= 4 is 5.97 Å². The molecule has 3 nitrogen and oxygen atoms in total. The number of aromatic carboxylic acids is 1. The van der Waals surface area contributed by atoms with Crippen LogP contribution in [0.15, 0.2) is 12.1 Å². The summed E-state index contributed by atoms with van der Waals surface area (Å²) in [4.78, 5) is 14.9. The molecular weight excluding hydrogens is 178 g/mol. The molecule has 0 aliphatic heterocycles. The molecule has 0 atom stereocenters. The number of carboxylic acid groups (broad SMARTS) is 1. The number of hydrogen-bond donors (Lipinski definition) is 1. The van der Waals surface area contributed by atoms with Crippen molar-refractivity contribution in [2.45, 2.75) is 33.1 Å². The fourth-order valence-electron chi connectivity index (χ4n) is 1.34. The Kier molecular flexibility index (Phi) is 3.63. The summed E-state index contributed by atoms with van der Waals surface area (Å²) in [5.74, 6) is -0.931. The highest BCUT2D eigenvalue weighted by molar-refractivity contribution is 5.87. The number of nitrogens with zero attached hydrogens (tertiary/aromatic N) is 1. The maximum atomic E-state index is 10.9. The second kappa shape index (κ2) is 4.74. The summed E-state index contributed by atoms with van der Waals surface area (Å²) in [5, 5.41) is 8.93. The summed E-state index contributed by atoms with van der Waals surface area (Å²) in [5.41, 5.74) is 1.80. The third-order valence-electron chi connectivity index (χ3n) is 2.12. The van der Waals surface area contributed by atoms with E-state index in [9.17, 15) is 4.79 Å². The third-order valence-corrected chi connectivity index (χ3v) is 2.12. The Bertz CT molecular complexity index is 334. The average molecular weight is 193 g/mol. The zero-order valence-electron chi connectivity index (χ0n) is 8.58. The highest BCUT2D eigenvalue weighted by Crippen LogP contribution is 2.11. The van der Waals surface area contributed by atoms with Gasteiger partial charge >= 0.3 is 5.97 Å². The van der Waals surface area contributed by atoms with E-state index >= 15 is 0 Å². The van der Waals surface area contributed by atoms with Gasteiger partial charge in [0, 0.05) is 5.69 Å². The first-order chi connectivity index (χ1) is 6.65. The SMILES string of the molecule is CCCCc1ccc(C)nc1C(=O)O. The minimum atomic E-state index is -0.931. The van der Waals surface area contributed by atoms with Crippen LogP contribution in [0.3, 0.4) is 0 Å². The van der Waals surface area contributed by atoms with Crippen LogP contribution in [0, 0.1) is 6.92 Å². The van der Waals surface area contributed by atoms with E-state index in [1.54, 1.807) is 6.92 Å². The van der Waals surface area contributed by atoms with Crippen LogP contribution in [0.4, 0.5) is 0 Å². The fraction of sp³-hybridized carbons (Fsp3) is 0.455. The van der Waals surface area contributed by atoms with Crippen molar-refractivity contribution in [2.24, 2.45) is 0 Å². The summed E-state index contributed by atoms with van der Waals surface area (Å²) >= 11 is 0. The minimum Gasteiger partial charge on any atom is -0.477 e. The van der Waals surface area contributed by atoms with Gasteiger partial charge in [0.2, 0.25) is 0 Å². The van der Waals surface area contributed by atoms with Gasteiger partial charge in [-0.25, -0.2) is 9.78 Å². The Morgan fingerprint density at radius 2 is 2.21 bits per heavy atom. The number of aryl methyl sites for hydroxylation is 2. The number of rotatable bonds is 4. The van der Waals surface area contributed by atoms with Gasteiger partial charge in [0.1, 0.15) is 0 Å². The van der Waals surface area contributed by atoms with E-state index < -0.39 is 5.97 Å². The molecule has 76 valence electrons. The molecule has 0 bridgehead atoms. The number of aromatic nitrogens is 1. The molecule has 1 aromatic heterocycles.